The normalized spacial score (nSPS) is 16.5. The fourth-order valence-corrected chi connectivity index (χ4v) is 3.51. The maximum atomic E-state index is 13.4. The lowest BCUT2D eigenvalue weighted by atomic mass is 9.94. The summed E-state index contributed by atoms with van der Waals surface area (Å²) in [6.07, 6.45) is 2.55. The Morgan fingerprint density at radius 1 is 1.16 bits per heavy atom. The van der Waals surface area contributed by atoms with Crippen LogP contribution in [0.5, 0.6) is 0 Å². The molecule has 1 aliphatic rings. The van der Waals surface area contributed by atoms with Gasteiger partial charge in [0.05, 0.1) is 5.92 Å². The second-order valence-electron chi connectivity index (χ2n) is 6.62. The van der Waals surface area contributed by atoms with Crippen LogP contribution in [0.2, 0.25) is 0 Å². The second kappa shape index (κ2) is 8.15. The molecule has 3 nitrogen and oxygen atoms in total. The van der Waals surface area contributed by atoms with E-state index in [1.807, 2.05) is 43.3 Å². The minimum absolute atomic E-state index is 0.0950. The van der Waals surface area contributed by atoms with Gasteiger partial charge < -0.3 is 10.2 Å². The number of halogens is 1. The minimum atomic E-state index is -0.207. The molecule has 0 bridgehead atoms. The molecule has 0 radical (unpaired) electrons. The van der Waals surface area contributed by atoms with Gasteiger partial charge in [-0.25, -0.2) is 4.39 Å². The van der Waals surface area contributed by atoms with Crippen LogP contribution in [0.15, 0.2) is 54.6 Å². The summed E-state index contributed by atoms with van der Waals surface area (Å²) in [5.74, 6) is -0.193. The van der Waals surface area contributed by atoms with E-state index in [-0.39, 0.29) is 23.7 Å². The Morgan fingerprint density at radius 3 is 2.52 bits per heavy atom. The number of nitrogens with zero attached hydrogens (tertiary/aromatic N) is 1. The third kappa shape index (κ3) is 4.38. The second-order valence-corrected chi connectivity index (χ2v) is 6.62. The van der Waals surface area contributed by atoms with Crippen molar-refractivity contribution in [3.8, 4) is 0 Å². The molecular formula is C21H25FN2O. The summed E-state index contributed by atoms with van der Waals surface area (Å²) >= 11 is 0. The summed E-state index contributed by atoms with van der Waals surface area (Å²) in [7, 11) is 0. The van der Waals surface area contributed by atoms with Gasteiger partial charge in [0.25, 0.3) is 0 Å². The first-order valence-electron chi connectivity index (χ1n) is 9.03. The van der Waals surface area contributed by atoms with Gasteiger partial charge in [-0.2, -0.15) is 0 Å². The molecule has 1 heterocycles. The average Bonchev–Trinajstić information content (AvgIpc) is 2.64. The molecule has 25 heavy (non-hydrogen) atoms. The van der Waals surface area contributed by atoms with Crippen LogP contribution in [0.25, 0.3) is 0 Å². The maximum absolute atomic E-state index is 13.4. The van der Waals surface area contributed by atoms with Crippen molar-refractivity contribution in [3.05, 3.63) is 66.0 Å². The summed E-state index contributed by atoms with van der Waals surface area (Å²) in [6, 6.07) is 16.8. The first-order valence-corrected chi connectivity index (χ1v) is 9.03. The van der Waals surface area contributed by atoms with Crippen molar-refractivity contribution in [3.63, 3.8) is 0 Å². The van der Waals surface area contributed by atoms with Gasteiger partial charge in [-0.1, -0.05) is 43.3 Å². The van der Waals surface area contributed by atoms with Gasteiger partial charge in [-0.05, 0) is 43.0 Å². The summed E-state index contributed by atoms with van der Waals surface area (Å²) in [5.41, 5.74) is 1.99. The number of piperidine rings is 1. The molecule has 1 atom stereocenters. The van der Waals surface area contributed by atoms with Crippen LogP contribution in [0.1, 0.15) is 37.7 Å². The first-order chi connectivity index (χ1) is 12.2. The largest absolute Gasteiger partial charge is 0.371 e. The highest BCUT2D eigenvalue weighted by Gasteiger charge is 2.25. The van der Waals surface area contributed by atoms with E-state index in [1.54, 1.807) is 12.1 Å². The standard InChI is InChI=1S/C21H25FN2O/c1-2-20(16-7-4-3-5-8-16)21(25)23-18-11-13-24(14-12-18)19-10-6-9-17(22)15-19/h3-10,15,18,20H,2,11-14H2,1H3,(H,23,25). The smallest absolute Gasteiger partial charge is 0.227 e. The average molecular weight is 340 g/mol. The number of amides is 1. The number of carbonyl (C=O) groups is 1. The Balaban J connectivity index is 1.55. The molecule has 3 rings (SSSR count). The number of benzene rings is 2. The van der Waals surface area contributed by atoms with Crippen LogP contribution in [0, 0.1) is 5.82 Å². The molecule has 1 N–H and O–H groups in total. The molecule has 1 saturated heterocycles. The lowest BCUT2D eigenvalue weighted by molar-refractivity contribution is -0.123. The van der Waals surface area contributed by atoms with Crippen molar-refractivity contribution >= 4 is 11.6 Å². The Morgan fingerprint density at radius 2 is 1.88 bits per heavy atom. The van der Waals surface area contributed by atoms with Gasteiger partial charge in [0.2, 0.25) is 5.91 Å². The molecule has 1 unspecified atom stereocenters. The molecule has 0 saturated carbocycles. The predicted octanol–water partition coefficient (Wildman–Crippen LogP) is 4.10. The first kappa shape index (κ1) is 17.5. The van der Waals surface area contributed by atoms with E-state index in [9.17, 15) is 9.18 Å². The minimum Gasteiger partial charge on any atom is -0.371 e. The Kier molecular flexibility index (Phi) is 5.69. The maximum Gasteiger partial charge on any atom is 0.227 e. The van der Waals surface area contributed by atoms with Gasteiger partial charge in [-0.15, -0.1) is 0 Å². The predicted molar refractivity (Wildman–Crippen MR) is 99.3 cm³/mol. The van der Waals surface area contributed by atoms with Crippen LogP contribution in [-0.2, 0) is 4.79 Å². The molecule has 1 aliphatic heterocycles. The monoisotopic (exact) mass is 340 g/mol. The van der Waals surface area contributed by atoms with Crippen LogP contribution < -0.4 is 10.2 Å². The van der Waals surface area contributed by atoms with Crippen molar-refractivity contribution in [1.29, 1.82) is 0 Å². The number of hydrogen-bond acceptors (Lipinski definition) is 2. The topological polar surface area (TPSA) is 32.3 Å². The molecule has 1 fully saturated rings. The fourth-order valence-electron chi connectivity index (χ4n) is 3.51. The van der Waals surface area contributed by atoms with Crippen molar-refractivity contribution in [2.45, 2.75) is 38.1 Å². The Labute approximate surface area is 148 Å². The van der Waals surface area contributed by atoms with E-state index in [2.05, 4.69) is 10.2 Å². The Bertz CT molecular complexity index is 696. The van der Waals surface area contributed by atoms with Crippen molar-refractivity contribution in [2.24, 2.45) is 0 Å². The number of anilines is 1. The highest BCUT2D eigenvalue weighted by molar-refractivity contribution is 5.83. The molecule has 132 valence electrons. The highest BCUT2D eigenvalue weighted by atomic mass is 19.1. The van der Waals surface area contributed by atoms with E-state index in [4.69, 9.17) is 0 Å². The van der Waals surface area contributed by atoms with E-state index in [1.165, 1.54) is 6.07 Å². The fraction of sp³-hybridized carbons (Fsp3) is 0.381. The molecule has 0 aromatic heterocycles. The summed E-state index contributed by atoms with van der Waals surface area (Å²) < 4.78 is 13.4. The third-order valence-electron chi connectivity index (χ3n) is 4.94. The van der Waals surface area contributed by atoms with E-state index in [0.29, 0.717) is 0 Å². The summed E-state index contributed by atoms with van der Waals surface area (Å²) in [5, 5.41) is 3.21. The Hall–Kier alpha value is -2.36. The zero-order valence-electron chi connectivity index (χ0n) is 14.6. The number of nitrogens with one attached hydrogen (secondary N) is 1. The number of carbonyl (C=O) groups excluding carboxylic acids is 1. The molecule has 0 spiro atoms. The molecule has 0 aliphatic carbocycles. The van der Waals surface area contributed by atoms with Crippen LogP contribution in [0.3, 0.4) is 0 Å². The summed E-state index contributed by atoms with van der Waals surface area (Å²) in [6.45, 7) is 3.71. The zero-order valence-corrected chi connectivity index (χ0v) is 14.6. The lowest BCUT2D eigenvalue weighted by Gasteiger charge is -2.34. The van der Waals surface area contributed by atoms with Gasteiger partial charge in [0.1, 0.15) is 5.82 Å². The van der Waals surface area contributed by atoms with Crippen LogP contribution >= 0.6 is 0 Å². The summed E-state index contributed by atoms with van der Waals surface area (Å²) in [4.78, 5) is 14.8. The number of hydrogen-bond donors (Lipinski definition) is 1. The van der Waals surface area contributed by atoms with E-state index >= 15 is 0 Å². The van der Waals surface area contributed by atoms with Gasteiger partial charge >= 0.3 is 0 Å². The molecule has 1 amide bonds. The van der Waals surface area contributed by atoms with Gasteiger partial charge in [0.15, 0.2) is 0 Å². The van der Waals surface area contributed by atoms with Crippen molar-refractivity contribution < 1.29 is 9.18 Å². The number of rotatable bonds is 5. The van der Waals surface area contributed by atoms with Crippen LogP contribution in [0.4, 0.5) is 10.1 Å². The lowest BCUT2D eigenvalue weighted by Crippen LogP contribution is -2.46. The third-order valence-corrected chi connectivity index (χ3v) is 4.94. The van der Waals surface area contributed by atoms with Crippen molar-refractivity contribution in [1.82, 2.24) is 5.32 Å². The highest BCUT2D eigenvalue weighted by Crippen LogP contribution is 2.23. The van der Waals surface area contributed by atoms with Gasteiger partial charge in [-0.3, -0.25) is 4.79 Å². The molecule has 4 heteroatoms. The van der Waals surface area contributed by atoms with Gasteiger partial charge in [0, 0.05) is 24.8 Å². The molecular weight excluding hydrogens is 315 g/mol. The van der Waals surface area contributed by atoms with Crippen molar-refractivity contribution in [2.75, 3.05) is 18.0 Å². The molecule has 2 aromatic rings. The van der Waals surface area contributed by atoms with Crippen LogP contribution in [-0.4, -0.2) is 25.0 Å². The molecule has 2 aromatic carbocycles. The zero-order chi connectivity index (χ0) is 17.6. The van der Waals surface area contributed by atoms with E-state index < -0.39 is 0 Å². The SMILES string of the molecule is CCC(C(=O)NC1CCN(c2cccc(F)c2)CC1)c1ccccc1. The quantitative estimate of drug-likeness (QED) is 0.888. The van der Waals surface area contributed by atoms with E-state index in [0.717, 1.165) is 43.6 Å².